The summed E-state index contributed by atoms with van der Waals surface area (Å²) >= 11 is 0. The van der Waals surface area contributed by atoms with Gasteiger partial charge in [0.05, 0.1) is 6.04 Å². The normalized spacial score (nSPS) is 18.0. The van der Waals surface area contributed by atoms with Crippen LogP contribution in [0.15, 0.2) is 47.0 Å². The second-order valence-electron chi connectivity index (χ2n) is 6.04. The largest absolute Gasteiger partial charge is 0.484 e. The van der Waals surface area contributed by atoms with Gasteiger partial charge in [0.2, 0.25) is 0 Å². The van der Waals surface area contributed by atoms with Crippen molar-refractivity contribution in [2.75, 3.05) is 26.7 Å². The molecule has 1 unspecified atom stereocenters. The number of hydrogen-bond donors (Lipinski definition) is 1. The molecule has 25 heavy (non-hydrogen) atoms. The Balaban J connectivity index is 0.00000182. The number of rotatable bonds is 4. The van der Waals surface area contributed by atoms with E-state index in [-0.39, 0.29) is 25.1 Å². The van der Waals surface area contributed by atoms with Crippen molar-refractivity contribution in [3.63, 3.8) is 0 Å². The molecule has 2 aromatic carbocycles. The van der Waals surface area contributed by atoms with Crippen LogP contribution in [-0.4, -0.2) is 41.7 Å². The number of hydrogen-bond acceptors (Lipinski definition) is 6. The molecule has 1 aliphatic heterocycles. The zero-order valence-electron chi connectivity index (χ0n) is 14.0. The van der Waals surface area contributed by atoms with Crippen molar-refractivity contribution < 1.29 is 9.26 Å². The quantitative estimate of drug-likeness (QED) is 0.772. The Labute approximate surface area is 152 Å². The van der Waals surface area contributed by atoms with Gasteiger partial charge in [0.25, 0.3) is 5.89 Å². The maximum Gasteiger partial charge on any atom is 0.264 e. The molecule has 6 nitrogen and oxygen atoms in total. The number of nitrogens with zero attached hydrogens (tertiary/aromatic N) is 3. The molecule has 1 aromatic heterocycles. The van der Waals surface area contributed by atoms with Crippen molar-refractivity contribution in [2.45, 2.75) is 12.6 Å². The first kappa shape index (κ1) is 17.7. The van der Waals surface area contributed by atoms with Crippen LogP contribution in [0.4, 0.5) is 0 Å². The minimum absolute atomic E-state index is 0. The van der Waals surface area contributed by atoms with E-state index in [2.05, 4.69) is 39.5 Å². The summed E-state index contributed by atoms with van der Waals surface area (Å²) in [6.45, 7) is 3.07. The Bertz CT molecular complexity index is 839. The van der Waals surface area contributed by atoms with E-state index >= 15 is 0 Å². The van der Waals surface area contributed by atoms with Crippen LogP contribution in [0.5, 0.6) is 5.75 Å². The van der Waals surface area contributed by atoms with Gasteiger partial charge < -0.3 is 14.6 Å². The number of fused-ring (bicyclic) bond motifs is 1. The van der Waals surface area contributed by atoms with Gasteiger partial charge in [-0.1, -0.05) is 35.5 Å². The molecule has 1 atom stereocenters. The molecule has 132 valence electrons. The highest BCUT2D eigenvalue weighted by Crippen LogP contribution is 2.22. The predicted molar refractivity (Wildman–Crippen MR) is 98.1 cm³/mol. The first-order chi connectivity index (χ1) is 11.8. The Morgan fingerprint density at radius 1 is 1.24 bits per heavy atom. The standard InChI is InChI=1S/C18H20N4O2.ClH/c1-22-9-8-19-11-16(22)18-20-17(24-21-18)12-23-15-7-6-13-4-2-3-5-14(13)10-15;/h2-7,10,16,19H,8-9,11-12H2,1H3;1H. The van der Waals surface area contributed by atoms with Gasteiger partial charge in [0, 0.05) is 19.6 Å². The molecule has 4 rings (SSSR count). The maximum atomic E-state index is 5.80. The third-order valence-corrected chi connectivity index (χ3v) is 4.38. The van der Waals surface area contributed by atoms with Crippen LogP contribution in [0.1, 0.15) is 17.8 Å². The number of halogens is 1. The van der Waals surface area contributed by atoms with Crippen LogP contribution in [0.25, 0.3) is 10.8 Å². The summed E-state index contributed by atoms with van der Waals surface area (Å²) in [7, 11) is 2.08. The molecular formula is C18H21ClN4O2. The molecule has 0 spiro atoms. The summed E-state index contributed by atoms with van der Waals surface area (Å²) in [4.78, 5) is 6.71. The summed E-state index contributed by atoms with van der Waals surface area (Å²) in [5.74, 6) is 2.00. The number of aromatic nitrogens is 2. The second kappa shape index (κ2) is 7.82. The van der Waals surface area contributed by atoms with Gasteiger partial charge in [-0.3, -0.25) is 4.90 Å². The van der Waals surface area contributed by atoms with Gasteiger partial charge in [0.15, 0.2) is 12.4 Å². The van der Waals surface area contributed by atoms with Crippen molar-refractivity contribution in [1.82, 2.24) is 20.4 Å². The molecule has 3 aromatic rings. The summed E-state index contributed by atoms with van der Waals surface area (Å²) in [5, 5.41) is 9.80. The van der Waals surface area contributed by atoms with E-state index in [9.17, 15) is 0 Å². The molecule has 0 radical (unpaired) electrons. The summed E-state index contributed by atoms with van der Waals surface area (Å²) in [5.41, 5.74) is 0. The Hall–Kier alpha value is -2.15. The third-order valence-electron chi connectivity index (χ3n) is 4.38. The van der Waals surface area contributed by atoms with Crippen molar-refractivity contribution in [1.29, 1.82) is 0 Å². The van der Waals surface area contributed by atoms with E-state index < -0.39 is 0 Å². The van der Waals surface area contributed by atoms with Gasteiger partial charge in [-0.2, -0.15) is 4.98 Å². The minimum atomic E-state index is 0. The van der Waals surface area contributed by atoms with E-state index in [1.165, 1.54) is 5.39 Å². The molecule has 1 saturated heterocycles. The van der Waals surface area contributed by atoms with Crippen LogP contribution < -0.4 is 10.1 Å². The molecule has 1 N–H and O–H groups in total. The van der Waals surface area contributed by atoms with Crippen LogP contribution in [0.2, 0.25) is 0 Å². The van der Waals surface area contributed by atoms with E-state index in [4.69, 9.17) is 9.26 Å². The van der Waals surface area contributed by atoms with E-state index in [1.807, 2.05) is 30.3 Å². The van der Waals surface area contributed by atoms with E-state index in [0.717, 1.165) is 30.8 Å². The number of nitrogens with one attached hydrogen (secondary N) is 1. The molecule has 0 saturated carbocycles. The van der Waals surface area contributed by atoms with Gasteiger partial charge in [-0.15, -0.1) is 12.4 Å². The number of likely N-dealkylation sites (N-methyl/N-ethyl adjacent to an activating group) is 1. The number of benzene rings is 2. The minimum Gasteiger partial charge on any atom is -0.484 e. The first-order valence-corrected chi connectivity index (χ1v) is 8.14. The third kappa shape index (κ3) is 3.92. The molecule has 1 aliphatic rings. The van der Waals surface area contributed by atoms with E-state index in [0.29, 0.717) is 11.7 Å². The van der Waals surface area contributed by atoms with Crippen LogP contribution in [0, 0.1) is 0 Å². The molecule has 0 amide bonds. The SMILES string of the molecule is CN1CCNCC1c1noc(COc2ccc3ccccc3c2)n1.Cl. The summed E-state index contributed by atoms with van der Waals surface area (Å²) in [6, 6.07) is 14.4. The highest BCUT2D eigenvalue weighted by atomic mass is 35.5. The average molecular weight is 361 g/mol. The maximum absolute atomic E-state index is 5.80. The van der Waals surface area contributed by atoms with Crippen LogP contribution >= 0.6 is 12.4 Å². The lowest BCUT2D eigenvalue weighted by atomic mass is 10.1. The zero-order chi connectivity index (χ0) is 16.4. The van der Waals surface area contributed by atoms with Crippen molar-refractivity contribution >= 4 is 23.2 Å². The molecule has 7 heteroatoms. The Morgan fingerprint density at radius 2 is 2.08 bits per heavy atom. The molecule has 0 aliphatic carbocycles. The van der Waals surface area contributed by atoms with Crippen molar-refractivity contribution in [3.05, 3.63) is 54.2 Å². The Morgan fingerprint density at radius 3 is 2.92 bits per heavy atom. The fourth-order valence-corrected chi connectivity index (χ4v) is 2.96. The Kier molecular flexibility index (Phi) is 5.53. The summed E-state index contributed by atoms with van der Waals surface area (Å²) in [6.07, 6.45) is 0. The molecular weight excluding hydrogens is 340 g/mol. The van der Waals surface area contributed by atoms with Crippen molar-refractivity contribution in [3.8, 4) is 5.75 Å². The molecule has 1 fully saturated rings. The first-order valence-electron chi connectivity index (χ1n) is 8.14. The fraction of sp³-hybridized carbons (Fsp3) is 0.333. The lowest BCUT2D eigenvalue weighted by Gasteiger charge is -2.30. The van der Waals surface area contributed by atoms with Gasteiger partial charge in [-0.05, 0) is 30.0 Å². The van der Waals surface area contributed by atoms with Crippen molar-refractivity contribution in [2.24, 2.45) is 0 Å². The second-order valence-corrected chi connectivity index (χ2v) is 6.04. The van der Waals surface area contributed by atoms with Gasteiger partial charge in [-0.25, -0.2) is 0 Å². The lowest BCUT2D eigenvalue weighted by Crippen LogP contribution is -2.44. The lowest BCUT2D eigenvalue weighted by molar-refractivity contribution is 0.189. The van der Waals surface area contributed by atoms with Crippen LogP contribution in [0.3, 0.4) is 0 Å². The van der Waals surface area contributed by atoms with Gasteiger partial charge in [0.1, 0.15) is 5.75 Å². The number of ether oxygens (including phenoxy) is 1. The van der Waals surface area contributed by atoms with Crippen LogP contribution in [-0.2, 0) is 6.61 Å². The monoisotopic (exact) mass is 360 g/mol. The zero-order valence-corrected chi connectivity index (χ0v) is 14.8. The smallest absolute Gasteiger partial charge is 0.264 e. The highest BCUT2D eigenvalue weighted by Gasteiger charge is 2.25. The average Bonchev–Trinajstić information content (AvgIpc) is 3.09. The molecule has 2 heterocycles. The fourth-order valence-electron chi connectivity index (χ4n) is 2.96. The van der Waals surface area contributed by atoms with E-state index in [1.54, 1.807) is 0 Å². The predicted octanol–water partition coefficient (Wildman–Crippen LogP) is 2.80. The summed E-state index contributed by atoms with van der Waals surface area (Å²) < 4.78 is 11.1. The topological polar surface area (TPSA) is 63.4 Å². The molecule has 0 bridgehead atoms. The van der Waals surface area contributed by atoms with Gasteiger partial charge >= 0.3 is 0 Å². The number of piperazine rings is 1. The highest BCUT2D eigenvalue weighted by molar-refractivity contribution is 5.85.